The monoisotopic (exact) mass is 395 g/mol. The first kappa shape index (κ1) is 17.3. The molecule has 3 aliphatic rings. The van der Waals surface area contributed by atoms with Crippen molar-refractivity contribution in [1.82, 2.24) is 25.2 Å². The van der Waals surface area contributed by atoms with E-state index in [2.05, 4.69) is 25.2 Å². The number of benzene rings is 1. The van der Waals surface area contributed by atoms with E-state index in [1.54, 1.807) is 12.1 Å². The van der Waals surface area contributed by atoms with Crippen molar-refractivity contribution in [3.05, 3.63) is 47.7 Å². The molecule has 150 valence electrons. The number of aromatic nitrogens is 4. The Labute approximate surface area is 167 Å². The van der Waals surface area contributed by atoms with Crippen molar-refractivity contribution in [3.63, 3.8) is 0 Å². The van der Waals surface area contributed by atoms with Gasteiger partial charge in [-0.25, -0.2) is 4.39 Å². The molecule has 0 amide bonds. The quantitative estimate of drug-likeness (QED) is 0.648. The largest absolute Gasteiger partial charge is 0.420 e. The first-order valence-corrected chi connectivity index (χ1v) is 10.3. The van der Waals surface area contributed by atoms with Gasteiger partial charge in [0.25, 0.3) is 0 Å². The third-order valence-electron chi connectivity index (χ3n) is 6.64. The van der Waals surface area contributed by atoms with Crippen molar-refractivity contribution < 1.29 is 13.3 Å². The molecule has 0 bridgehead atoms. The number of hydrogen-bond donors (Lipinski definition) is 0. The number of nitrogens with zero attached hydrogens (tertiary/aromatic N) is 5. The van der Waals surface area contributed by atoms with Gasteiger partial charge in [-0.2, -0.15) is 4.98 Å². The van der Waals surface area contributed by atoms with Crippen LogP contribution >= 0.6 is 0 Å². The van der Waals surface area contributed by atoms with E-state index in [4.69, 9.17) is 8.94 Å². The van der Waals surface area contributed by atoms with Crippen molar-refractivity contribution in [2.45, 2.75) is 50.5 Å². The van der Waals surface area contributed by atoms with Gasteiger partial charge in [0.05, 0.1) is 6.54 Å². The molecule has 1 spiro atoms. The Balaban J connectivity index is 1.08. The Hall–Kier alpha value is -2.61. The van der Waals surface area contributed by atoms with Crippen LogP contribution in [0.5, 0.6) is 0 Å². The normalized spacial score (nSPS) is 23.6. The van der Waals surface area contributed by atoms with Gasteiger partial charge in [-0.15, -0.1) is 10.2 Å². The Morgan fingerprint density at radius 2 is 2.03 bits per heavy atom. The molecule has 3 fully saturated rings. The molecule has 3 aromatic rings. The molecule has 1 aromatic carbocycles. The number of piperidine rings is 1. The zero-order chi connectivity index (χ0) is 19.4. The summed E-state index contributed by atoms with van der Waals surface area (Å²) in [5.74, 6) is 3.21. The SMILES string of the molecule is Fc1cccc(-c2nnc([C@H]3CC34CCN(Cc3nc(C5CC5)no3)CC4)o2)c1. The van der Waals surface area contributed by atoms with E-state index >= 15 is 0 Å². The standard InChI is InChI=1S/C21H22FN5O2/c22-15-3-1-2-14(10-15)19-24-25-20(28-19)16-11-21(16)6-8-27(9-7-21)12-17-23-18(26-29-17)13-4-5-13/h1-3,10,13,16H,4-9,11-12H2/t16-/m1/s1. The molecule has 0 N–H and O–H groups in total. The minimum absolute atomic E-state index is 0.260. The average Bonchev–Trinajstić information content (AvgIpc) is 3.59. The highest BCUT2D eigenvalue weighted by Gasteiger charge is 2.58. The van der Waals surface area contributed by atoms with Gasteiger partial charge in [0.2, 0.25) is 17.7 Å². The van der Waals surface area contributed by atoms with Crippen molar-refractivity contribution in [1.29, 1.82) is 0 Å². The molecule has 2 aliphatic carbocycles. The van der Waals surface area contributed by atoms with E-state index in [9.17, 15) is 4.39 Å². The second-order valence-corrected chi connectivity index (χ2v) is 8.67. The van der Waals surface area contributed by atoms with E-state index in [-0.39, 0.29) is 11.2 Å². The van der Waals surface area contributed by atoms with Crippen LogP contribution in [-0.4, -0.2) is 38.3 Å². The van der Waals surface area contributed by atoms with E-state index in [1.807, 2.05) is 0 Å². The molecule has 2 aromatic heterocycles. The Kier molecular flexibility index (Phi) is 3.84. The summed E-state index contributed by atoms with van der Waals surface area (Å²) in [5, 5.41) is 12.5. The van der Waals surface area contributed by atoms with Gasteiger partial charge in [0.15, 0.2) is 5.82 Å². The van der Waals surface area contributed by atoms with Crippen LogP contribution in [0.25, 0.3) is 11.5 Å². The third kappa shape index (κ3) is 3.25. The number of likely N-dealkylation sites (tertiary alicyclic amines) is 1. The summed E-state index contributed by atoms with van der Waals surface area (Å²) in [6, 6.07) is 6.27. The molecule has 1 saturated heterocycles. The summed E-state index contributed by atoms with van der Waals surface area (Å²) in [6.45, 7) is 2.73. The summed E-state index contributed by atoms with van der Waals surface area (Å²) in [5.41, 5.74) is 0.884. The predicted molar refractivity (Wildman–Crippen MR) is 100 cm³/mol. The van der Waals surface area contributed by atoms with Gasteiger partial charge < -0.3 is 8.94 Å². The summed E-state index contributed by atoms with van der Waals surface area (Å²) >= 11 is 0. The minimum Gasteiger partial charge on any atom is -0.420 e. The molecule has 0 unspecified atom stereocenters. The second-order valence-electron chi connectivity index (χ2n) is 8.67. The fraction of sp³-hybridized carbons (Fsp3) is 0.524. The molecule has 6 rings (SSSR count). The smallest absolute Gasteiger partial charge is 0.247 e. The summed E-state index contributed by atoms with van der Waals surface area (Å²) in [7, 11) is 0. The van der Waals surface area contributed by atoms with Crippen molar-refractivity contribution in [2.24, 2.45) is 5.41 Å². The van der Waals surface area contributed by atoms with E-state index in [0.29, 0.717) is 29.2 Å². The lowest BCUT2D eigenvalue weighted by Gasteiger charge is -2.31. The van der Waals surface area contributed by atoms with Gasteiger partial charge in [0, 0.05) is 17.4 Å². The Bertz CT molecular complexity index is 1040. The van der Waals surface area contributed by atoms with Gasteiger partial charge in [0.1, 0.15) is 5.82 Å². The molecule has 29 heavy (non-hydrogen) atoms. The van der Waals surface area contributed by atoms with Crippen LogP contribution in [0.3, 0.4) is 0 Å². The zero-order valence-electron chi connectivity index (χ0n) is 16.1. The third-order valence-corrected chi connectivity index (χ3v) is 6.64. The summed E-state index contributed by atoms with van der Waals surface area (Å²) in [4.78, 5) is 6.92. The van der Waals surface area contributed by atoms with Crippen LogP contribution in [0.4, 0.5) is 4.39 Å². The highest BCUT2D eigenvalue weighted by Crippen LogP contribution is 2.64. The summed E-state index contributed by atoms with van der Waals surface area (Å²) < 4.78 is 24.8. The van der Waals surface area contributed by atoms with Crippen LogP contribution < -0.4 is 0 Å². The summed E-state index contributed by atoms with van der Waals surface area (Å²) in [6.07, 6.45) is 5.64. The molecule has 2 saturated carbocycles. The van der Waals surface area contributed by atoms with Gasteiger partial charge >= 0.3 is 0 Å². The molecular weight excluding hydrogens is 373 g/mol. The first-order valence-electron chi connectivity index (χ1n) is 10.3. The molecule has 3 heterocycles. The van der Waals surface area contributed by atoms with E-state index in [1.165, 1.54) is 25.0 Å². The highest BCUT2D eigenvalue weighted by atomic mass is 19.1. The van der Waals surface area contributed by atoms with E-state index in [0.717, 1.165) is 50.6 Å². The topological polar surface area (TPSA) is 81.1 Å². The Morgan fingerprint density at radius 3 is 2.83 bits per heavy atom. The zero-order valence-corrected chi connectivity index (χ0v) is 16.1. The van der Waals surface area contributed by atoms with Crippen molar-refractivity contribution in [3.8, 4) is 11.5 Å². The fourth-order valence-electron chi connectivity index (χ4n) is 4.55. The molecule has 0 radical (unpaired) electrons. The van der Waals surface area contributed by atoms with E-state index < -0.39 is 0 Å². The van der Waals surface area contributed by atoms with Gasteiger partial charge in [-0.05, 0) is 68.8 Å². The molecule has 7 nitrogen and oxygen atoms in total. The van der Waals surface area contributed by atoms with Crippen LogP contribution in [0.1, 0.15) is 61.5 Å². The average molecular weight is 395 g/mol. The maximum atomic E-state index is 13.4. The Morgan fingerprint density at radius 1 is 1.17 bits per heavy atom. The van der Waals surface area contributed by atoms with Gasteiger partial charge in [-0.3, -0.25) is 4.90 Å². The second kappa shape index (κ2) is 6.45. The first-order chi connectivity index (χ1) is 14.2. The van der Waals surface area contributed by atoms with Crippen molar-refractivity contribution in [2.75, 3.05) is 13.1 Å². The number of hydrogen-bond acceptors (Lipinski definition) is 7. The fourth-order valence-corrected chi connectivity index (χ4v) is 4.55. The lowest BCUT2D eigenvalue weighted by atomic mass is 9.91. The van der Waals surface area contributed by atoms with Gasteiger partial charge in [-0.1, -0.05) is 11.2 Å². The molecule has 8 heteroatoms. The number of rotatable bonds is 5. The van der Waals surface area contributed by atoms with Crippen LogP contribution in [-0.2, 0) is 6.54 Å². The molecular formula is C21H22FN5O2. The maximum absolute atomic E-state index is 13.4. The number of halogens is 1. The molecule has 1 atom stereocenters. The predicted octanol–water partition coefficient (Wildman–Crippen LogP) is 3.91. The maximum Gasteiger partial charge on any atom is 0.247 e. The highest BCUT2D eigenvalue weighted by molar-refractivity contribution is 5.52. The lowest BCUT2D eigenvalue weighted by Crippen LogP contribution is -2.34. The van der Waals surface area contributed by atoms with Crippen molar-refractivity contribution >= 4 is 0 Å². The lowest BCUT2D eigenvalue weighted by molar-refractivity contribution is 0.144. The van der Waals surface area contributed by atoms with Crippen LogP contribution in [0.2, 0.25) is 0 Å². The van der Waals surface area contributed by atoms with Crippen LogP contribution in [0, 0.1) is 11.2 Å². The minimum atomic E-state index is -0.303. The van der Waals surface area contributed by atoms with Crippen LogP contribution in [0.15, 0.2) is 33.2 Å². The molecule has 1 aliphatic heterocycles.